The van der Waals surface area contributed by atoms with Crippen molar-refractivity contribution in [1.29, 1.82) is 0 Å². The molecule has 0 saturated carbocycles. The molecule has 0 aliphatic rings. The molecule has 78 valence electrons. The van der Waals surface area contributed by atoms with Crippen molar-refractivity contribution in [3.63, 3.8) is 0 Å². The fourth-order valence-corrected chi connectivity index (χ4v) is 0.567. The van der Waals surface area contributed by atoms with E-state index in [0.717, 1.165) is 0 Å². The van der Waals surface area contributed by atoms with Crippen molar-refractivity contribution < 1.29 is 27.1 Å². The van der Waals surface area contributed by atoms with Gasteiger partial charge in [-0.1, -0.05) is 0 Å². The molecule has 13 heavy (non-hydrogen) atoms. The molecule has 0 unspecified atom stereocenters. The maximum atomic E-state index is 11.6. The highest BCUT2D eigenvalue weighted by molar-refractivity contribution is 6.36. The van der Waals surface area contributed by atoms with Gasteiger partial charge in [-0.15, -0.1) is 0 Å². The van der Waals surface area contributed by atoms with Crippen molar-refractivity contribution in [2.75, 3.05) is 39.8 Å². The van der Waals surface area contributed by atoms with Crippen LogP contribution in [-0.4, -0.2) is 47.2 Å². The quantitative estimate of drug-likeness (QED) is 0.518. The van der Waals surface area contributed by atoms with Gasteiger partial charge in [-0.2, -0.15) is 0 Å². The van der Waals surface area contributed by atoms with Gasteiger partial charge in [-0.25, -0.2) is 13.2 Å². The summed E-state index contributed by atoms with van der Waals surface area (Å²) in [5.74, 6) is 0. The highest BCUT2D eigenvalue weighted by atomic mass is 19.1. The normalized spacial score (nSPS) is 10.4. The topological polar surface area (TPSA) is 27.7 Å². The van der Waals surface area contributed by atoms with Crippen LogP contribution in [0.15, 0.2) is 0 Å². The number of rotatable bonds is 9. The van der Waals surface area contributed by atoms with Gasteiger partial charge in [0.05, 0.1) is 19.8 Å². The fourth-order valence-electron chi connectivity index (χ4n) is 0.567. The zero-order valence-corrected chi connectivity index (χ0v) is 7.18. The Labute approximate surface area is 75.3 Å². The summed E-state index contributed by atoms with van der Waals surface area (Å²) in [6.45, 7) is -2.76. The van der Waals surface area contributed by atoms with Crippen molar-refractivity contribution in [3.8, 4) is 0 Å². The van der Waals surface area contributed by atoms with Gasteiger partial charge in [-0.05, 0) is 0 Å². The molecule has 0 N–H and O–H groups in total. The van der Waals surface area contributed by atoms with Crippen LogP contribution in [0.2, 0.25) is 0 Å². The number of alkyl halides is 3. The standard InChI is InChI=1S/C6H12BF3O3/c8-1-4-11-7(12-5-2-9)13-6-3-10/h1-6H2. The van der Waals surface area contributed by atoms with Gasteiger partial charge in [0.15, 0.2) is 0 Å². The second-order valence-electron chi connectivity index (χ2n) is 1.97. The minimum Gasteiger partial charge on any atom is -0.383 e. The number of halogens is 3. The van der Waals surface area contributed by atoms with E-state index >= 15 is 0 Å². The Morgan fingerprint density at radius 1 is 0.692 bits per heavy atom. The summed E-state index contributed by atoms with van der Waals surface area (Å²) in [5.41, 5.74) is 0. The zero-order valence-electron chi connectivity index (χ0n) is 7.18. The molecule has 0 aromatic heterocycles. The van der Waals surface area contributed by atoms with Gasteiger partial charge in [-0.3, -0.25) is 0 Å². The maximum Gasteiger partial charge on any atom is 0.639 e. The molecule has 0 heterocycles. The molecule has 0 aromatic carbocycles. The lowest BCUT2D eigenvalue weighted by atomic mass is 10.2. The molecule has 0 rings (SSSR count). The smallest absolute Gasteiger partial charge is 0.383 e. The Hall–Kier alpha value is -0.265. The lowest BCUT2D eigenvalue weighted by Gasteiger charge is -2.11. The molecule has 0 aromatic rings. The van der Waals surface area contributed by atoms with Crippen LogP contribution < -0.4 is 0 Å². The van der Waals surface area contributed by atoms with E-state index in [1.54, 1.807) is 0 Å². The van der Waals surface area contributed by atoms with Crippen molar-refractivity contribution in [1.82, 2.24) is 0 Å². The summed E-state index contributed by atoms with van der Waals surface area (Å²) in [5, 5.41) is 0. The SMILES string of the molecule is FCCOB(OCCF)OCCF. The predicted molar refractivity (Wildman–Crippen MR) is 41.5 cm³/mol. The Morgan fingerprint density at radius 2 is 1.00 bits per heavy atom. The minimum absolute atomic E-state index is 0.219. The van der Waals surface area contributed by atoms with Crippen LogP contribution in [-0.2, 0) is 14.0 Å². The molecule has 0 bridgehead atoms. The van der Waals surface area contributed by atoms with E-state index in [4.69, 9.17) is 0 Å². The largest absolute Gasteiger partial charge is 0.639 e. The molecule has 0 atom stereocenters. The molecule has 0 spiro atoms. The zero-order chi connectivity index (χ0) is 9.94. The van der Waals surface area contributed by atoms with Crippen LogP contribution in [0.3, 0.4) is 0 Å². The third-order valence-corrected chi connectivity index (χ3v) is 0.993. The van der Waals surface area contributed by atoms with E-state index in [1.165, 1.54) is 0 Å². The second-order valence-corrected chi connectivity index (χ2v) is 1.97. The van der Waals surface area contributed by atoms with Gasteiger partial charge in [0.1, 0.15) is 20.0 Å². The third-order valence-electron chi connectivity index (χ3n) is 0.993. The van der Waals surface area contributed by atoms with Gasteiger partial charge in [0.25, 0.3) is 0 Å². The van der Waals surface area contributed by atoms with Crippen LogP contribution in [0.1, 0.15) is 0 Å². The third kappa shape index (κ3) is 8.08. The summed E-state index contributed by atoms with van der Waals surface area (Å²) in [4.78, 5) is 0. The Morgan fingerprint density at radius 3 is 1.23 bits per heavy atom. The second kappa shape index (κ2) is 9.82. The van der Waals surface area contributed by atoms with E-state index in [0.29, 0.717) is 0 Å². The summed E-state index contributed by atoms with van der Waals surface area (Å²) in [7, 11) is -1.18. The summed E-state index contributed by atoms with van der Waals surface area (Å²) in [6.07, 6.45) is 0. The average molecular weight is 200 g/mol. The van der Waals surface area contributed by atoms with Gasteiger partial charge < -0.3 is 14.0 Å². The van der Waals surface area contributed by atoms with E-state index in [-0.39, 0.29) is 19.8 Å². The highest BCUT2D eigenvalue weighted by Crippen LogP contribution is 1.93. The molecule has 0 fully saturated rings. The molecule has 0 amide bonds. The molecule has 0 aliphatic heterocycles. The molecular formula is C6H12BF3O3. The highest BCUT2D eigenvalue weighted by Gasteiger charge is 2.20. The van der Waals surface area contributed by atoms with Crippen LogP contribution in [0.5, 0.6) is 0 Å². The van der Waals surface area contributed by atoms with Crippen molar-refractivity contribution in [3.05, 3.63) is 0 Å². The van der Waals surface area contributed by atoms with Crippen LogP contribution >= 0.6 is 0 Å². The monoisotopic (exact) mass is 200 g/mol. The first kappa shape index (κ1) is 12.7. The van der Waals surface area contributed by atoms with Gasteiger partial charge in [0.2, 0.25) is 0 Å². The van der Waals surface area contributed by atoms with Crippen LogP contribution in [0.4, 0.5) is 13.2 Å². The summed E-state index contributed by atoms with van der Waals surface area (Å²) < 4.78 is 48.8. The van der Waals surface area contributed by atoms with Crippen molar-refractivity contribution in [2.24, 2.45) is 0 Å². The first-order valence-electron chi connectivity index (χ1n) is 3.87. The molecule has 7 heteroatoms. The number of hydrogen-bond donors (Lipinski definition) is 0. The fraction of sp³-hybridized carbons (Fsp3) is 1.00. The number of hydrogen-bond acceptors (Lipinski definition) is 3. The first-order valence-corrected chi connectivity index (χ1v) is 3.87. The maximum absolute atomic E-state index is 11.6. The Kier molecular flexibility index (Phi) is 9.62. The summed E-state index contributed by atoms with van der Waals surface area (Å²) >= 11 is 0. The predicted octanol–water partition coefficient (Wildman–Crippen LogP) is 0.930. The molecule has 3 nitrogen and oxygen atoms in total. The molecule has 0 saturated heterocycles. The van der Waals surface area contributed by atoms with E-state index in [1.807, 2.05) is 0 Å². The van der Waals surface area contributed by atoms with E-state index in [9.17, 15) is 13.2 Å². The van der Waals surface area contributed by atoms with Crippen LogP contribution in [0.25, 0.3) is 0 Å². The molecule has 0 radical (unpaired) electrons. The van der Waals surface area contributed by atoms with Crippen molar-refractivity contribution in [2.45, 2.75) is 0 Å². The van der Waals surface area contributed by atoms with E-state index < -0.39 is 27.3 Å². The molecule has 0 aliphatic carbocycles. The minimum atomic E-state index is -1.18. The first-order chi connectivity index (χ1) is 6.35. The van der Waals surface area contributed by atoms with Gasteiger partial charge in [0, 0.05) is 0 Å². The van der Waals surface area contributed by atoms with Crippen LogP contribution in [0, 0.1) is 0 Å². The summed E-state index contributed by atoms with van der Waals surface area (Å²) in [6, 6.07) is 0. The van der Waals surface area contributed by atoms with E-state index in [2.05, 4.69) is 14.0 Å². The molecular weight excluding hydrogens is 188 g/mol. The average Bonchev–Trinajstić information content (AvgIpc) is 2.17. The Bertz CT molecular complexity index is 90.1. The van der Waals surface area contributed by atoms with Gasteiger partial charge >= 0.3 is 7.32 Å². The van der Waals surface area contributed by atoms with Crippen molar-refractivity contribution >= 4 is 7.32 Å². The Balaban J connectivity index is 3.47. The lowest BCUT2D eigenvalue weighted by Crippen LogP contribution is -2.29. The lowest BCUT2D eigenvalue weighted by molar-refractivity contribution is 0.0786.